The van der Waals surface area contributed by atoms with Crippen LogP contribution < -0.4 is 0 Å². The van der Waals surface area contributed by atoms with E-state index >= 15 is 0 Å². The normalized spacial score (nSPS) is 10.8. The molecule has 0 saturated heterocycles. The van der Waals surface area contributed by atoms with Crippen LogP contribution in [0.4, 0.5) is 5.69 Å². The van der Waals surface area contributed by atoms with Gasteiger partial charge < -0.3 is 0 Å². The van der Waals surface area contributed by atoms with Gasteiger partial charge in [0.25, 0.3) is 5.69 Å². The number of thioether (sulfide) groups is 1. The van der Waals surface area contributed by atoms with Gasteiger partial charge in [-0.05, 0) is 44.0 Å². The lowest BCUT2D eigenvalue weighted by Gasteiger charge is -2.10. The van der Waals surface area contributed by atoms with Crippen LogP contribution in [0.15, 0.2) is 47.6 Å². The van der Waals surface area contributed by atoms with Crippen LogP contribution in [0.1, 0.15) is 22.5 Å². The van der Waals surface area contributed by atoms with Gasteiger partial charge in [-0.15, -0.1) is 10.2 Å². The predicted molar refractivity (Wildman–Crippen MR) is 98.2 cm³/mol. The van der Waals surface area contributed by atoms with Crippen molar-refractivity contribution in [3.63, 3.8) is 0 Å². The van der Waals surface area contributed by atoms with Crippen LogP contribution >= 0.6 is 11.8 Å². The lowest BCUT2D eigenvalue weighted by Crippen LogP contribution is -2.00. The van der Waals surface area contributed by atoms with Crippen molar-refractivity contribution >= 4 is 17.4 Å². The molecule has 0 aliphatic carbocycles. The smallest absolute Gasteiger partial charge is 0.272 e. The minimum absolute atomic E-state index is 0.148. The zero-order valence-electron chi connectivity index (χ0n) is 14.3. The van der Waals surface area contributed by atoms with Crippen molar-refractivity contribution in [2.45, 2.75) is 31.7 Å². The van der Waals surface area contributed by atoms with Crippen molar-refractivity contribution in [1.82, 2.24) is 14.8 Å². The number of nitrogens with zero attached hydrogens (tertiary/aromatic N) is 4. The number of rotatable bonds is 5. The van der Waals surface area contributed by atoms with Gasteiger partial charge in [0.1, 0.15) is 5.82 Å². The largest absolute Gasteiger partial charge is 0.274 e. The second-order valence-corrected chi connectivity index (χ2v) is 6.75. The van der Waals surface area contributed by atoms with E-state index in [2.05, 4.69) is 16.3 Å². The topological polar surface area (TPSA) is 73.8 Å². The molecule has 0 atom stereocenters. The van der Waals surface area contributed by atoms with Crippen molar-refractivity contribution in [3.05, 3.63) is 75.1 Å². The summed E-state index contributed by atoms with van der Waals surface area (Å²) in [6.07, 6.45) is 0. The number of benzene rings is 2. The van der Waals surface area contributed by atoms with Crippen LogP contribution in [0.25, 0.3) is 5.69 Å². The summed E-state index contributed by atoms with van der Waals surface area (Å²) in [4.78, 5) is 10.8. The number of aryl methyl sites for hydroxylation is 2. The van der Waals surface area contributed by atoms with Crippen LogP contribution in [0.2, 0.25) is 0 Å². The minimum Gasteiger partial charge on any atom is -0.274 e. The first kappa shape index (κ1) is 17.2. The number of aromatic nitrogens is 3. The Morgan fingerprint density at radius 3 is 2.60 bits per heavy atom. The van der Waals surface area contributed by atoms with E-state index in [1.165, 1.54) is 17.8 Å². The first-order valence-corrected chi connectivity index (χ1v) is 8.80. The zero-order valence-corrected chi connectivity index (χ0v) is 15.1. The molecule has 0 radical (unpaired) electrons. The van der Waals surface area contributed by atoms with Crippen LogP contribution in [0, 0.1) is 30.9 Å². The standard InChI is InChI=1S/C18H18N4O2S/c1-12-6-4-8-16(10-12)21-14(3)19-20-18(21)25-11-15-7-5-9-17(13(15)2)22(23)24/h4-10H,11H2,1-3H3. The lowest BCUT2D eigenvalue weighted by molar-refractivity contribution is -0.385. The highest BCUT2D eigenvalue weighted by Gasteiger charge is 2.16. The summed E-state index contributed by atoms with van der Waals surface area (Å²) in [5, 5.41) is 20.3. The molecule has 0 spiro atoms. The monoisotopic (exact) mass is 354 g/mol. The molecule has 3 aromatic rings. The summed E-state index contributed by atoms with van der Waals surface area (Å²) in [7, 11) is 0. The summed E-state index contributed by atoms with van der Waals surface area (Å²) >= 11 is 1.52. The molecule has 0 aliphatic heterocycles. The van der Waals surface area contributed by atoms with Gasteiger partial charge in [0, 0.05) is 23.1 Å². The molecule has 128 valence electrons. The summed E-state index contributed by atoms with van der Waals surface area (Å²) in [5.41, 5.74) is 3.94. The van der Waals surface area contributed by atoms with Crippen LogP contribution in [0.3, 0.4) is 0 Å². The Hall–Kier alpha value is -2.67. The van der Waals surface area contributed by atoms with E-state index in [0.717, 1.165) is 27.8 Å². The zero-order chi connectivity index (χ0) is 18.0. The highest BCUT2D eigenvalue weighted by Crippen LogP contribution is 2.29. The van der Waals surface area contributed by atoms with Crippen molar-refractivity contribution in [2.75, 3.05) is 0 Å². The maximum atomic E-state index is 11.1. The average Bonchev–Trinajstić information content (AvgIpc) is 2.94. The molecule has 0 aliphatic rings. The van der Waals surface area contributed by atoms with E-state index in [1.54, 1.807) is 13.0 Å². The Morgan fingerprint density at radius 2 is 1.88 bits per heavy atom. The Kier molecular flexibility index (Phi) is 4.85. The van der Waals surface area contributed by atoms with Gasteiger partial charge >= 0.3 is 0 Å². The second kappa shape index (κ2) is 7.06. The fourth-order valence-corrected chi connectivity index (χ4v) is 3.73. The molecule has 0 N–H and O–H groups in total. The van der Waals surface area contributed by atoms with Crippen molar-refractivity contribution in [2.24, 2.45) is 0 Å². The van der Waals surface area contributed by atoms with E-state index < -0.39 is 0 Å². The maximum absolute atomic E-state index is 11.1. The van der Waals surface area contributed by atoms with Gasteiger partial charge in [-0.1, -0.05) is 36.0 Å². The predicted octanol–water partition coefficient (Wildman–Crippen LogP) is 4.39. The Morgan fingerprint density at radius 1 is 1.12 bits per heavy atom. The molecule has 25 heavy (non-hydrogen) atoms. The van der Waals surface area contributed by atoms with E-state index in [-0.39, 0.29) is 10.6 Å². The third-order valence-corrected chi connectivity index (χ3v) is 5.00. The number of hydrogen-bond acceptors (Lipinski definition) is 5. The molecule has 6 nitrogen and oxygen atoms in total. The van der Waals surface area contributed by atoms with Crippen LogP contribution in [-0.4, -0.2) is 19.7 Å². The highest BCUT2D eigenvalue weighted by molar-refractivity contribution is 7.98. The number of nitro benzene ring substituents is 1. The van der Waals surface area contributed by atoms with Gasteiger partial charge in [0.2, 0.25) is 0 Å². The molecule has 2 aromatic carbocycles. The molecular formula is C18H18N4O2S. The van der Waals surface area contributed by atoms with E-state index in [0.29, 0.717) is 11.3 Å². The molecule has 1 heterocycles. The second-order valence-electron chi connectivity index (χ2n) is 5.81. The van der Waals surface area contributed by atoms with Crippen molar-refractivity contribution in [3.8, 4) is 5.69 Å². The van der Waals surface area contributed by atoms with Gasteiger partial charge in [0.15, 0.2) is 5.16 Å². The minimum atomic E-state index is -0.344. The number of nitro groups is 1. The van der Waals surface area contributed by atoms with Gasteiger partial charge in [-0.25, -0.2) is 0 Å². The first-order chi connectivity index (χ1) is 12.0. The van der Waals surface area contributed by atoms with Gasteiger partial charge in [0.05, 0.1) is 4.92 Å². The molecule has 1 aromatic heterocycles. The van der Waals surface area contributed by atoms with Crippen LogP contribution in [0.5, 0.6) is 0 Å². The first-order valence-electron chi connectivity index (χ1n) is 7.82. The molecule has 3 rings (SSSR count). The molecule has 0 amide bonds. The third-order valence-electron chi connectivity index (χ3n) is 4.03. The number of hydrogen-bond donors (Lipinski definition) is 0. The fourth-order valence-electron chi connectivity index (χ4n) is 2.67. The summed E-state index contributed by atoms with van der Waals surface area (Å²) in [6, 6.07) is 13.3. The molecule has 0 unspecified atom stereocenters. The Labute approximate surface area is 150 Å². The summed E-state index contributed by atoms with van der Waals surface area (Å²) < 4.78 is 2.00. The SMILES string of the molecule is Cc1cccc(-n2c(C)nnc2SCc2cccc([N+](=O)[O-])c2C)c1. The fraction of sp³-hybridized carbons (Fsp3) is 0.222. The van der Waals surface area contributed by atoms with Crippen molar-refractivity contribution < 1.29 is 4.92 Å². The van der Waals surface area contributed by atoms with Crippen molar-refractivity contribution in [1.29, 1.82) is 0 Å². The molecule has 0 bridgehead atoms. The Balaban J connectivity index is 1.89. The highest BCUT2D eigenvalue weighted by atomic mass is 32.2. The summed E-state index contributed by atoms with van der Waals surface area (Å²) in [6.45, 7) is 5.74. The Bertz CT molecular complexity index is 937. The summed E-state index contributed by atoms with van der Waals surface area (Å²) in [5.74, 6) is 1.40. The van der Waals surface area contributed by atoms with Crippen LogP contribution in [-0.2, 0) is 5.75 Å². The average molecular weight is 354 g/mol. The lowest BCUT2D eigenvalue weighted by atomic mass is 10.1. The molecule has 0 fully saturated rings. The quantitative estimate of drug-likeness (QED) is 0.386. The molecule has 0 saturated carbocycles. The maximum Gasteiger partial charge on any atom is 0.272 e. The third kappa shape index (κ3) is 3.56. The molecular weight excluding hydrogens is 336 g/mol. The van der Waals surface area contributed by atoms with E-state index in [1.807, 2.05) is 42.7 Å². The van der Waals surface area contributed by atoms with E-state index in [9.17, 15) is 10.1 Å². The molecule has 7 heteroatoms. The van der Waals surface area contributed by atoms with Gasteiger partial charge in [-0.3, -0.25) is 14.7 Å². The van der Waals surface area contributed by atoms with E-state index in [4.69, 9.17) is 0 Å². The van der Waals surface area contributed by atoms with Gasteiger partial charge in [-0.2, -0.15) is 0 Å².